The number of hydrogen-bond donors (Lipinski definition) is 0. The van der Waals surface area contributed by atoms with Crippen LogP contribution in [0.2, 0.25) is 0 Å². The number of ether oxygens (including phenoxy) is 1. The van der Waals surface area contributed by atoms with Crippen LogP contribution in [0.25, 0.3) is 0 Å². The Kier molecular flexibility index (Phi) is 1.76. The predicted octanol–water partition coefficient (Wildman–Crippen LogP) is 1.62. The molecule has 0 saturated carbocycles. The minimum absolute atomic E-state index is 0.506. The van der Waals surface area contributed by atoms with Crippen molar-refractivity contribution in [3.63, 3.8) is 0 Å². The Hall–Kier alpha value is -0.830. The molecule has 3 nitrogen and oxygen atoms in total. The summed E-state index contributed by atoms with van der Waals surface area (Å²) in [4.78, 5) is 0. The fourth-order valence-corrected chi connectivity index (χ4v) is 0.881. The van der Waals surface area contributed by atoms with Crippen LogP contribution in [-0.4, -0.2) is 5.72 Å². The molecule has 0 spiro atoms. The van der Waals surface area contributed by atoms with Gasteiger partial charge in [0.15, 0.2) is 0 Å². The topological polar surface area (TPSA) is 43.9 Å². The summed E-state index contributed by atoms with van der Waals surface area (Å²) in [6.45, 7) is 1.60. The largest absolute Gasteiger partial charge is 0.469 e. The van der Waals surface area contributed by atoms with Gasteiger partial charge in [-0.1, -0.05) is 11.6 Å². The van der Waals surface area contributed by atoms with E-state index in [4.69, 9.17) is 21.9 Å². The summed E-state index contributed by atoms with van der Waals surface area (Å²) < 4.78 is 4.93. The molecule has 1 radical (unpaired) electrons. The summed E-state index contributed by atoms with van der Waals surface area (Å²) in [7, 11) is 0. The molecule has 1 aliphatic heterocycles. The zero-order valence-electron chi connectivity index (χ0n) is 5.41. The van der Waals surface area contributed by atoms with Crippen LogP contribution in [0.5, 0.6) is 0 Å². The summed E-state index contributed by atoms with van der Waals surface area (Å²) in [6, 6.07) is 0. The smallest absolute Gasteiger partial charge is 0.238 e. The maximum atomic E-state index is 8.43. The second kappa shape index (κ2) is 2.42. The highest BCUT2D eigenvalue weighted by molar-refractivity contribution is 6.31. The van der Waals surface area contributed by atoms with Gasteiger partial charge in [-0.15, -0.1) is 5.11 Å². The lowest BCUT2D eigenvalue weighted by Gasteiger charge is -2.20. The molecule has 0 aromatic heterocycles. The summed E-state index contributed by atoms with van der Waals surface area (Å²) in [5.74, 6) is 0. The van der Waals surface area contributed by atoms with Crippen LogP contribution in [0.15, 0.2) is 28.6 Å². The summed E-state index contributed by atoms with van der Waals surface area (Å²) >= 11 is 5.60. The van der Waals surface area contributed by atoms with Crippen molar-refractivity contribution < 1.29 is 4.74 Å². The van der Waals surface area contributed by atoms with E-state index in [9.17, 15) is 0 Å². The molecule has 1 aliphatic rings. The van der Waals surface area contributed by atoms with Gasteiger partial charge in [-0.3, -0.25) is 0 Å². The molecular formula is C6H6ClN2O. The van der Waals surface area contributed by atoms with Gasteiger partial charge in [-0.25, -0.2) is 0 Å². The standard InChI is InChI=1S/C6H6ClN2O/c1-6(9-8)4-5(7)2-3-10-6/h2-4H,1H3. The highest BCUT2D eigenvalue weighted by Gasteiger charge is 2.23. The van der Waals surface area contributed by atoms with Gasteiger partial charge in [-0.2, -0.15) is 0 Å². The van der Waals surface area contributed by atoms with Gasteiger partial charge < -0.3 is 4.74 Å². The highest BCUT2D eigenvalue weighted by Crippen LogP contribution is 2.22. The third-order valence-corrected chi connectivity index (χ3v) is 1.37. The van der Waals surface area contributed by atoms with E-state index < -0.39 is 5.72 Å². The van der Waals surface area contributed by atoms with Gasteiger partial charge in [0.25, 0.3) is 0 Å². The molecule has 0 aromatic rings. The van der Waals surface area contributed by atoms with Crippen LogP contribution in [0, 0.1) is 0 Å². The van der Waals surface area contributed by atoms with Gasteiger partial charge >= 0.3 is 0 Å². The minimum atomic E-state index is -1.01. The van der Waals surface area contributed by atoms with Crippen molar-refractivity contribution >= 4 is 11.6 Å². The number of halogens is 1. The molecular weight excluding hydrogens is 152 g/mol. The Morgan fingerprint density at radius 2 is 2.50 bits per heavy atom. The van der Waals surface area contributed by atoms with Crippen LogP contribution in [-0.2, 0) is 4.74 Å². The zero-order chi connectivity index (χ0) is 7.61. The van der Waals surface area contributed by atoms with Crippen molar-refractivity contribution in [3.8, 4) is 0 Å². The number of hydrogen-bond acceptors (Lipinski definition) is 2. The molecule has 4 heteroatoms. The lowest BCUT2D eigenvalue weighted by molar-refractivity contribution is 0.0847. The number of nitrogens with zero attached hydrogens (tertiary/aromatic N) is 2. The van der Waals surface area contributed by atoms with Crippen molar-refractivity contribution in [1.82, 2.24) is 5.53 Å². The average molecular weight is 158 g/mol. The van der Waals surface area contributed by atoms with Crippen LogP contribution in [0.3, 0.4) is 0 Å². The maximum Gasteiger partial charge on any atom is 0.238 e. The monoisotopic (exact) mass is 157 g/mol. The molecule has 1 unspecified atom stereocenters. The van der Waals surface area contributed by atoms with Gasteiger partial charge in [-0.05, 0) is 11.6 Å². The first kappa shape index (κ1) is 7.28. The first-order valence-corrected chi connectivity index (χ1v) is 3.13. The molecule has 0 saturated heterocycles. The molecule has 0 aromatic carbocycles. The Labute approximate surface area is 63.8 Å². The van der Waals surface area contributed by atoms with Crippen molar-refractivity contribution in [1.29, 1.82) is 0 Å². The van der Waals surface area contributed by atoms with Crippen LogP contribution < -0.4 is 5.53 Å². The van der Waals surface area contributed by atoms with E-state index in [0.717, 1.165) is 0 Å². The molecule has 0 aliphatic carbocycles. The highest BCUT2D eigenvalue weighted by atomic mass is 35.5. The van der Waals surface area contributed by atoms with E-state index >= 15 is 0 Å². The maximum absolute atomic E-state index is 8.43. The molecule has 0 amide bonds. The van der Waals surface area contributed by atoms with Gasteiger partial charge in [0.05, 0.1) is 6.26 Å². The molecule has 1 rings (SSSR count). The number of rotatable bonds is 1. The Morgan fingerprint density at radius 3 is 2.90 bits per heavy atom. The summed E-state index contributed by atoms with van der Waals surface area (Å²) in [5, 5.41) is 3.50. The molecule has 1 atom stereocenters. The van der Waals surface area contributed by atoms with E-state index in [1.54, 1.807) is 13.0 Å². The summed E-state index contributed by atoms with van der Waals surface area (Å²) in [5.41, 5.74) is 7.42. The van der Waals surface area contributed by atoms with Crippen LogP contribution in [0.1, 0.15) is 6.92 Å². The van der Waals surface area contributed by atoms with E-state index in [0.29, 0.717) is 5.03 Å². The lowest BCUT2D eigenvalue weighted by Crippen LogP contribution is -2.22. The normalized spacial score (nSPS) is 30.8. The van der Waals surface area contributed by atoms with E-state index in [2.05, 4.69) is 5.11 Å². The van der Waals surface area contributed by atoms with Crippen molar-refractivity contribution in [3.05, 3.63) is 23.4 Å². The Morgan fingerprint density at radius 1 is 1.80 bits per heavy atom. The third-order valence-electron chi connectivity index (χ3n) is 1.14. The second-order valence-corrected chi connectivity index (χ2v) is 2.54. The average Bonchev–Trinajstić information content (AvgIpc) is 1.88. The molecule has 0 bridgehead atoms. The molecule has 0 fully saturated rings. The Balaban J connectivity index is 2.86. The predicted molar refractivity (Wildman–Crippen MR) is 37.1 cm³/mol. The quantitative estimate of drug-likeness (QED) is 0.534. The van der Waals surface area contributed by atoms with Crippen molar-refractivity contribution in [2.45, 2.75) is 12.6 Å². The molecule has 0 N–H and O–H groups in total. The molecule has 10 heavy (non-hydrogen) atoms. The fraction of sp³-hybridized carbons (Fsp3) is 0.333. The number of allylic oxidation sites excluding steroid dienone is 2. The van der Waals surface area contributed by atoms with Gasteiger partial charge in [0.1, 0.15) is 0 Å². The van der Waals surface area contributed by atoms with Crippen molar-refractivity contribution in [2.24, 2.45) is 5.11 Å². The van der Waals surface area contributed by atoms with Gasteiger partial charge in [0, 0.05) is 18.0 Å². The zero-order valence-corrected chi connectivity index (χ0v) is 6.17. The first-order chi connectivity index (χ1) is 4.66. The minimum Gasteiger partial charge on any atom is -0.469 e. The molecule has 1 heterocycles. The van der Waals surface area contributed by atoms with Crippen molar-refractivity contribution in [2.75, 3.05) is 0 Å². The van der Waals surface area contributed by atoms with Crippen LogP contribution in [0.4, 0.5) is 0 Å². The third kappa shape index (κ3) is 1.36. The fourth-order valence-electron chi connectivity index (χ4n) is 0.627. The van der Waals surface area contributed by atoms with E-state index in [1.165, 1.54) is 12.3 Å². The summed E-state index contributed by atoms with van der Waals surface area (Å²) in [6.07, 6.45) is 4.48. The van der Waals surface area contributed by atoms with E-state index in [-0.39, 0.29) is 0 Å². The SMILES string of the molecule is CC1(N=[N])C=C(Cl)C=CO1. The first-order valence-electron chi connectivity index (χ1n) is 2.75. The van der Waals surface area contributed by atoms with Crippen LogP contribution >= 0.6 is 11.6 Å². The van der Waals surface area contributed by atoms with E-state index in [1.807, 2.05) is 0 Å². The van der Waals surface area contributed by atoms with Gasteiger partial charge in [0.2, 0.25) is 5.72 Å². The second-order valence-electron chi connectivity index (χ2n) is 2.10. The Bertz CT molecular complexity index is 212. The lowest BCUT2D eigenvalue weighted by atomic mass is 10.2. The molecule has 53 valence electrons.